The van der Waals surface area contributed by atoms with Crippen LogP contribution in [0.2, 0.25) is 0 Å². The molecule has 2 amide bonds. The SMILES string of the molecule is CC(C)[C@@H]1NC(=O)CCCCCOc2ccc(cc2)C[C@@H]([C@H](O)CN(CCCCCC(=O)O)S(=O)(=O)c2ccc(N)cc2)NC1=O. The van der Waals surface area contributed by atoms with Gasteiger partial charge in [-0.15, -0.1) is 0 Å². The highest BCUT2D eigenvalue weighted by Crippen LogP contribution is 2.21. The zero-order valence-corrected chi connectivity index (χ0v) is 27.5. The summed E-state index contributed by atoms with van der Waals surface area (Å²) in [4.78, 5) is 37.3. The number of fused-ring (bicyclic) bond motifs is 14. The topological polar surface area (TPSA) is 188 Å². The Kier molecular flexibility index (Phi) is 14.3. The quantitative estimate of drug-likeness (QED) is 0.168. The number of anilines is 1. The number of aliphatic carboxylic acids is 1. The number of unbranched alkanes of at least 4 members (excludes halogenated alkanes) is 2. The number of carboxylic acid groups (broad SMARTS) is 1. The summed E-state index contributed by atoms with van der Waals surface area (Å²) in [5.74, 6) is -1.21. The lowest BCUT2D eigenvalue weighted by atomic mass is 9.98. The van der Waals surface area contributed by atoms with Gasteiger partial charge in [0.05, 0.1) is 23.6 Å². The van der Waals surface area contributed by atoms with Crippen LogP contribution in [0, 0.1) is 5.92 Å². The number of aliphatic hydroxyl groups is 1. The van der Waals surface area contributed by atoms with E-state index >= 15 is 0 Å². The second kappa shape index (κ2) is 17.9. The van der Waals surface area contributed by atoms with Crippen LogP contribution in [0.5, 0.6) is 5.75 Å². The Balaban J connectivity index is 1.90. The number of carbonyl (C=O) groups is 3. The molecule has 0 fully saturated rings. The molecule has 12 nitrogen and oxygen atoms in total. The number of hydrogen-bond acceptors (Lipinski definition) is 8. The molecule has 2 bridgehead atoms. The van der Waals surface area contributed by atoms with Gasteiger partial charge in [0.15, 0.2) is 0 Å². The lowest BCUT2D eigenvalue weighted by molar-refractivity contribution is -0.137. The number of sulfonamides is 1. The first-order valence-electron chi connectivity index (χ1n) is 15.9. The number of carboxylic acids is 1. The van der Waals surface area contributed by atoms with E-state index in [-0.39, 0.29) is 49.1 Å². The van der Waals surface area contributed by atoms with Crippen LogP contribution in [0.15, 0.2) is 53.4 Å². The van der Waals surface area contributed by atoms with Crippen molar-refractivity contribution >= 4 is 33.5 Å². The Bertz CT molecular complexity index is 1380. The number of nitrogens with zero attached hydrogens (tertiary/aromatic N) is 1. The van der Waals surface area contributed by atoms with Gasteiger partial charge in [-0.1, -0.05) is 32.4 Å². The summed E-state index contributed by atoms with van der Waals surface area (Å²) in [5.41, 5.74) is 6.96. The predicted molar refractivity (Wildman–Crippen MR) is 175 cm³/mol. The van der Waals surface area contributed by atoms with Gasteiger partial charge in [-0.05, 0) is 86.4 Å². The van der Waals surface area contributed by atoms with E-state index in [0.29, 0.717) is 43.7 Å². The average molecular weight is 661 g/mol. The monoisotopic (exact) mass is 660 g/mol. The second-order valence-corrected chi connectivity index (χ2v) is 14.1. The van der Waals surface area contributed by atoms with Crippen molar-refractivity contribution in [3.05, 3.63) is 54.1 Å². The number of nitrogens with one attached hydrogen (secondary N) is 2. The van der Waals surface area contributed by atoms with Crippen LogP contribution >= 0.6 is 0 Å². The molecule has 4 rings (SSSR count). The van der Waals surface area contributed by atoms with E-state index in [1.807, 2.05) is 38.1 Å². The van der Waals surface area contributed by atoms with Crippen LogP contribution in [0.1, 0.15) is 70.8 Å². The fourth-order valence-corrected chi connectivity index (χ4v) is 6.74. The number of benzene rings is 2. The third-order valence-electron chi connectivity index (χ3n) is 7.96. The van der Waals surface area contributed by atoms with Crippen LogP contribution in [0.25, 0.3) is 0 Å². The van der Waals surface area contributed by atoms with Crippen molar-refractivity contribution in [3.8, 4) is 5.75 Å². The molecule has 46 heavy (non-hydrogen) atoms. The fourth-order valence-electron chi connectivity index (χ4n) is 5.24. The molecule has 0 aromatic heterocycles. The van der Waals surface area contributed by atoms with E-state index in [4.69, 9.17) is 15.6 Å². The number of amides is 2. The maximum Gasteiger partial charge on any atom is 0.303 e. The van der Waals surface area contributed by atoms with Gasteiger partial charge in [0.2, 0.25) is 21.8 Å². The van der Waals surface area contributed by atoms with Crippen LogP contribution in [-0.2, 0) is 30.8 Å². The molecular weight excluding hydrogens is 612 g/mol. The van der Waals surface area contributed by atoms with E-state index in [9.17, 15) is 27.9 Å². The van der Waals surface area contributed by atoms with Gasteiger partial charge >= 0.3 is 5.97 Å². The molecule has 2 aliphatic heterocycles. The number of rotatable bonds is 12. The van der Waals surface area contributed by atoms with Crippen molar-refractivity contribution in [2.24, 2.45) is 5.92 Å². The highest BCUT2D eigenvalue weighted by atomic mass is 32.2. The molecule has 0 spiro atoms. The van der Waals surface area contributed by atoms with Gasteiger partial charge in [0.25, 0.3) is 0 Å². The third-order valence-corrected chi connectivity index (χ3v) is 9.84. The molecule has 0 aliphatic carbocycles. The molecule has 6 N–H and O–H groups in total. The Morgan fingerprint density at radius 2 is 1.70 bits per heavy atom. The highest BCUT2D eigenvalue weighted by Gasteiger charge is 2.33. The summed E-state index contributed by atoms with van der Waals surface area (Å²) in [7, 11) is -4.09. The third kappa shape index (κ3) is 11.6. The minimum atomic E-state index is -4.09. The van der Waals surface area contributed by atoms with Gasteiger partial charge in [0.1, 0.15) is 11.8 Å². The summed E-state index contributed by atoms with van der Waals surface area (Å²) in [6.45, 7) is 3.84. The van der Waals surface area contributed by atoms with Gasteiger partial charge in [0, 0.05) is 31.6 Å². The van der Waals surface area contributed by atoms with Crippen molar-refractivity contribution in [2.45, 2.75) is 94.7 Å². The number of carbonyl (C=O) groups excluding carboxylic acids is 2. The number of ether oxygens (including phenoxy) is 1. The van der Waals surface area contributed by atoms with E-state index in [0.717, 1.165) is 22.7 Å². The van der Waals surface area contributed by atoms with E-state index in [2.05, 4.69) is 10.6 Å². The van der Waals surface area contributed by atoms with Crippen molar-refractivity contribution in [2.75, 3.05) is 25.4 Å². The minimum absolute atomic E-state index is 0.00412. The van der Waals surface area contributed by atoms with E-state index in [1.165, 1.54) is 24.3 Å². The first kappa shape index (κ1) is 36.8. The zero-order chi connectivity index (χ0) is 33.7. The van der Waals surface area contributed by atoms with Crippen molar-refractivity contribution < 1.29 is 37.8 Å². The Morgan fingerprint density at radius 1 is 1.00 bits per heavy atom. The van der Waals surface area contributed by atoms with Crippen LogP contribution in [0.4, 0.5) is 5.69 Å². The molecule has 254 valence electrons. The predicted octanol–water partition coefficient (Wildman–Crippen LogP) is 3.09. The molecule has 2 aromatic carbocycles. The number of nitrogens with two attached hydrogens (primary N) is 1. The van der Waals surface area contributed by atoms with Gasteiger partial charge in [-0.3, -0.25) is 14.4 Å². The Hall–Kier alpha value is -3.68. The van der Waals surface area contributed by atoms with Crippen LogP contribution in [-0.4, -0.2) is 78.6 Å². The molecule has 2 heterocycles. The summed E-state index contributed by atoms with van der Waals surface area (Å²) >= 11 is 0. The van der Waals surface area contributed by atoms with E-state index in [1.54, 1.807) is 0 Å². The molecule has 0 saturated carbocycles. The number of aliphatic hydroxyl groups excluding tert-OH is 1. The van der Waals surface area contributed by atoms with Gasteiger partial charge < -0.3 is 31.3 Å². The Morgan fingerprint density at radius 3 is 2.35 bits per heavy atom. The molecule has 0 saturated heterocycles. The summed E-state index contributed by atoms with van der Waals surface area (Å²) in [6, 6.07) is 11.3. The first-order valence-corrected chi connectivity index (χ1v) is 17.4. The summed E-state index contributed by atoms with van der Waals surface area (Å²) in [5, 5.41) is 26.3. The molecule has 3 atom stereocenters. The molecule has 2 aliphatic rings. The van der Waals surface area contributed by atoms with Gasteiger partial charge in [-0.25, -0.2) is 8.42 Å². The molecule has 0 unspecified atom stereocenters. The summed E-state index contributed by atoms with van der Waals surface area (Å²) in [6.07, 6.45) is 2.54. The Labute approximate surface area is 271 Å². The minimum Gasteiger partial charge on any atom is -0.494 e. The molecule has 2 aromatic rings. The van der Waals surface area contributed by atoms with Crippen LogP contribution < -0.4 is 21.1 Å². The molecular formula is C33H48N4O8S. The van der Waals surface area contributed by atoms with Gasteiger partial charge in [-0.2, -0.15) is 4.31 Å². The lowest BCUT2D eigenvalue weighted by Gasteiger charge is -2.31. The number of nitrogen functional groups attached to an aromatic ring is 1. The van der Waals surface area contributed by atoms with E-state index < -0.39 is 40.1 Å². The highest BCUT2D eigenvalue weighted by molar-refractivity contribution is 7.89. The fraction of sp³-hybridized carbons (Fsp3) is 0.545. The zero-order valence-electron chi connectivity index (χ0n) is 26.7. The second-order valence-electron chi connectivity index (χ2n) is 12.1. The van der Waals surface area contributed by atoms with Crippen LogP contribution in [0.3, 0.4) is 0 Å². The largest absolute Gasteiger partial charge is 0.494 e. The standard InChI is InChI=1S/C33H48N4O8S/c1-23(2)32-33(42)35-28(21-24-11-15-26(16-12-24)45-20-8-4-5-9-30(39)36-32)29(38)22-37(19-7-3-6-10-31(40)41)46(43,44)27-17-13-25(34)14-18-27/h11-18,23,28-29,32,38H,3-10,19-22,34H2,1-2H3,(H,35,42)(H,36,39)(H,40,41)/t28-,29+,32-/m0/s1. The lowest BCUT2D eigenvalue weighted by Crippen LogP contribution is -2.56. The smallest absolute Gasteiger partial charge is 0.303 e. The maximum atomic E-state index is 13.8. The first-order chi connectivity index (χ1) is 21.9. The summed E-state index contributed by atoms with van der Waals surface area (Å²) < 4.78 is 34.5. The number of hydrogen-bond donors (Lipinski definition) is 5. The van der Waals surface area contributed by atoms with Crippen molar-refractivity contribution in [3.63, 3.8) is 0 Å². The normalized spacial score (nSPS) is 19.2. The van der Waals surface area contributed by atoms with Crippen molar-refractivity contribution in [1.29, 1.82) is 0 Å². The molecule has 0 radical (unpaired) electrons. The average Bonchev–Trinajstić information content (AvgIpc) is 3.00. The maximum absolute atomic E-state index is 13.8. The van der Waals surface area contributed by atoms with Crippen molar-refractivity contribution in [1.82, 2.24) is 14.9 Å². The molecule has 13 heteroatoms.